The second kappa shape index (κ2) is 4.89. The fraction of sp³-hybridized carbons (Fsp3) is 1.00. The van der Waals surface area contributed by atoms with Crippen LogP contribution >= 0.6 is 0 Å². The van der Waals surface area contributed by atoms with Crippen molar-refractivity contribution in [2.24, 2.45) is 17.8 Å². The Labute approximate surface area is 105 Å². The molecule has 0 saturated heterocycles. The molecule has 0 aromatic carbocycles. The van der Waals surface area contributed by atoms with E-state index in [9.17, 15) is 5.11 Å². The third-order valence-electron chi connectivity index (χ3n) is 5.63. The van der Waals surface area contributed by atoms with Crippen molar-refractivity contribution in [1.82, 2.24) is 5.32 Å². The molecule has 3 saturated carbocycles. The van der Waals surface area contributed by atoms with E-state index in [0.29, 0.717) is 12.1 Å². The van der Waals surface area contributed by atoms with Crippen molar-refractivity contribution in [2.45, 2.75) is 76.5 Å². The van der Waals surface area contributed by atoms with Crippen molar-refractivity contribution < 1.29 is 5.11 Å². The molecule has 0 radical (unpaired) electrons. The first-order chi connectivity index (χ1) is 8.22. The summed E-state index contributed by atoms with van der Waals surface area (Å²) in [5.74, 6) is 3.03. The van der Waals surface area contributed by atoms with E-state index in [4.69, 9.17) is 0 Å². The van der Waals surface area contributed by atoms with Crippen molar-refractivity contribution in [1.29, 1.82) is 0 Å². The summed E-state index contributed by atoms with van der Waals surface area (Å²) in [6.45, 7) is 2.40. The van der Waals surface area contributed by atoms with E-state index in [1.54, 1.807) is 0 Å². The summed E-state index contributed by atoms with van der Waals surface area (Å²) in [6, 6.07) is 1.37. The zero-order valence-corrected chi connectivity index (χ0v) is 11.1. The number of fused-ring (bicyclic) bond motifs is 2. The zero-order valence-electron chi connectivity index (χ0n) is 11.1. The molecule has 3 aliphatic carbocycles. The quantitative estimate of drug-likeness (QED) is 0.791. The Balaban J connectivity index is 1.48. The Morgan fingerprint density at radius 1 is 1.00 bits per heavy atom. The van der Waals surface area contributed by atoms with Crippen LogP contribution in [0.25, 0.3) is 0 Å². The van der Waals surface area contributed by atoms with Gasteiger partial charge < -0.3 is 10.4 Å². The van der Waals surface area contributed by atoms with Crippen LogP contribution < -0.4 is 5.32 Å². The highest BCUT2D eigenvalue weighted by Crippen LogP contribution is 2.49. The molecule has 0 spiro atoms. The average molecular weight is 237 g/mol. The van der Waals surface area contributed by atoms with E-state index in [1.807, 2.05) is 0 Å². The lowest BCUT2D eigenvalue weighted by Crippen LogP contribution is -2.44. The predicted octanol–water partition coefficient (Wildman–Crippen LogP) is 2.70. The summed E-state index contributed by atoms with van der Waals surface area (Å²) in [4.78, 5) is 0. The van der Waals surface area contributed by atoms with E-state index >= 15 is 0 Å². The Morgan fingerprint density at radius 2 is 1.76 bits per heavy atom. The van der Waals surface area contributed by atoms with Gasteiger partial charge in [0.05, 0.1) is 6.10 Å². The lowest BCUT2D eigenvalue weighted by Gasteiger charge is -2.34. The lowest BCUT2D eigenvalue weighted by atomic mass is 9.83. The minimum absolute atomic E-state index is 0.0224. The fourth-order valence-corrected chi connectivity index (χ4v) is 4.64. The van der Waals surface area contributed by atoms with Gasteiger partial charge in [0.2, 0.25) is 0 Å². The minimum Gasteiger partial charge on any atom is -0.393 e. The van der Waals surface area contributed by atoms with Gasteiger partial charge in [-0.25, -0.2) is 0 Å². The summed E-state index contributed by atoms with van der Waals surface area (Å²) in [5, 5.41) is 13.4. The van der Waals surface area contributed by atoms with Gasteiger partial charge in [0, 0.05) is 12.1 Å². The van der Waals surface area contributed by atoms with Gasteiger partial charge in [-0.05, 0) is 69.6 Å². The van der Waals surface area contributed by atoms with Gasteiger partial charge >= 0.3 is 0 Å². The zero-order chi connectivity index (χ0) is 11.8. The van der Waals surface area contributed by atoms with Gasteiger partial charge in [-0.1, -0.05) is 6.42 Å². The maximum absolute atomic E-state index is 9.53. The van der Waals surface area contributed by atoms with Crippen molar-refractivity contribution in [3.05, 3.63) is 0 Å². The normalized spacial score (nSPS) is 47.3. The second-order valence-corrected chi connectivity index (χ2v) is 6.80. The molecule has 17 heavy (non-hydrogen) atoms. The van der Waals surface area contributed by atoms with E-state index in [-0.39, 0.29) is 6.10 Å². The van der Waals surface area contributed by atoms with E-state index in [0.717, 1.165) is 30.6 Å². The monoisotopic (exact) mass is 237 g/mol. The molecule has 4 unspecified atom stereocenters. The molecule has 3 aliphatic rings. The first-order valence-electron chi connectivity index (χ1n) is 7.66. The molecule has 98 valence electrons. The Morgan fingerprint density at radius 3 is 2.35 bits per heavy atom. The average Bonchev–Trinajstić information content (AvgIpc) is 2.94. The summed E-state index contributed by atoms with van der Waals surface area (Å²) in [7, 11) is 0. The highest BCUT2D eigenvalue weighted by molar-refractivity contribution is 4.95. The molecule has 0 aliphatic heterocycles. The van der Waals surface area contributed by atoms with Crippen molar-refractivity contribution in [2.75, 3.05) is 0 Å². The van der Waals surface area contributed by atoms with Crippen LogP contribution in [0.4, 0.5) is 0 Å². The van der Waals surface area contributed by atoms with Crippen LogP contribution in [0.1, 0.15) is 58.3 Å². The highest BCUT2D eigenvalue weighted by atomic mass is 16.3. The minimum atomic E-state index is -0.0224. The Bertz CT molecular complexity index is 260. The largest absolute Gasteiger partial charge is 0.393 e. The standard InChI is InChI=1S/C15H27NO/c1-10(15-9-11-2-3-12(15)8-11)16-13-4-6-14(17)7-5-13/h10-17H,2-9H2,1H3. The van der Waals surface area contributed by atoms with Gasteiger partial charge in [-0.15, -0.1) is 0 Å². The fourth-order valence-electron chi connectivity index (χ4n) is 4.64. The molecule has 3 fully saturated rings. The van der Waals surface area contributed by atoms with Crippen LogP contribution in [-0.2, 0) is 0 Å². The molecule has 0 aromatic rings. The molecule has 3 rings (SSSR count). The van der Waals surface area contributed by atoms with Crippen LogP contribution in [0.15, 0.2) is 0 Å². The SMILES string of the molecule is CC(NC1CCC(O)CC1)C1CC2CCC1C2. The summed E-state index contributed by atoms with van der Waals surface area (Å²) < 4.78 is 0. The molecule has 4 atom stereocenters. The summed E-state index contributed by atoms with van der Waals surface area (Å²) in [5.41, 5.74) is 0. The first kappa shape index (κ1) is 12.0. The van der Waals surface area contributed by atoms with Crippen molar-refractivity contribution in [3.63, 3.8) is 0 Å². The number of hydrogen-bond donors (Lipinski definition) is 2. The molecule has 2 N–H and O–H groups in total. The molecule has 0 heterocycles. The summed E-state index contributed by atoms with van der Waals surface area (Å²) >= 11 is 0. The molecular formula is C15H27NO. The smallest absolute Gasteiger partial charge is 0.0541 e. The van der Waals surface area contributed by atoms with E-state index in [1.165, 1.54) is 38.5 Å². The van der Waals surface area contributed by atoms with Gasteiger partial charge in [-0.3, -0.25) is 0 Å². The second-order valence-electron chi connectivity index (χ2n) is 6.80. The van der Waals surface area contributed by atoms with E-state index in [2.05, 4.69) is 12.2 Å². The Hall–Kier alpha value is -0.0800. The van der Waals surface area contributed by atoms with Crippen molar-refractivity contribution in [3.8, 4) is 0 Å². The first-order valence-corrected chi connectivity index (χ1v) is 7.66. The third kappa shape index (κ3) is 2.53. The highest BCUT2D eigenvalue weighted by Gasteiger charge is 2.42. The van der Waals surface area contributed by atoms with Crippen LogP contribution in [0, 0.1) is 17.8 Å². The van der Waals surface area contributed by atoms with Crippen LogP contribution in [-0.4, -0.2) is 23.3 Å². The topological polar surface area (TPSA) is 32.3 Å². The number of hydrogen-bond acceptors (Lipinski definition) is 2. The number of rotatable bonds is 3. The molecule has 2 nitrogen and oxygen atoms in total. The lowest BCUT2D eigenvalue weighted by molar-refractivity contribution is 0.110. The third-order valence-corrected chi connectivity index (χ3v) is 5.63. The number of aliphatic hydroxyl groups excluding tert-OH is 1. The maximum atomic E-state index is 9.53. The maximum Gasteiger partial charge on any atom is 0.0541 e. The van der Waals surface area contributed by atoms with Gasteiger partial charge in [-0.2, -0.15) is 0 Å². The van der Waals surface area contributed by atoms with Gasteiger partial charge in [0.15, 0.2) is 0 Å². The molecule has 2 heteroatoms. The van der Waals surface area contributed by atoms with Crippen LogP contribution in [0.5, 0.6) is 0 Å². The van der Waals surface area contributed by atoms with Gasteiger partial charge in [0.25, 0.3) is 0 Å². The van der Waals surface area contributed by atoms with Crippen molar-refractivity contribution >= 4 is 0 Å². The van der Waals surface area contributed by atoms with E-state index < -0.39 is 0 Å². The molecule has 0 amide bonds. The Kier molecular flexibility index (Phi) is 3.45. The number of aliphatic hydroxyl groups is 1. The van der Waals surface area contributed by atoms with Crippen LogP contribution in [0.3, 0.4) is 0 Å². The van der Waals surface area contributed by atoms with Gasteiger partial charge in [0.1, 0.15) is 0 Å². The molecular weight excluding hydrogens is 210 g/mol. The van der Waals surface area contributed by atoms with Crippen LogP contribution in [0.2, 0.25) is 0 Å². The predicted molar refractivity (Wildman–Crippen MR) is 69.8 cm³/mol. The number of nitrogens with one attached hydrogen (secondary N) is 1. The summed E-state index contributed by atoms with van der Waals surface area (Å²) in [6.07, 6.45) is 10.3. The molecule has 2 bridgehead atoms. The molecule has 0 aromatic heterocycles.